The second kappa shape index (κ2) is 48.7. The molecule has 0 amide bonds. The molecule has 67 heavy (non-hydrogen) atoms. The van der Waals surface area contributed by atoms with Crippen LogP contribution in [0.2, 0.25) is 0 Å². The minimum Gasteiger partial charge on any atom is -0.756 e. The van der Waals surface area contributed by atoms with Crippen LogP contribution < -0.4 is 4.89 Å². The summed E-state index contributed by atoms with van der Waals surface area (Å²) in [5.41, 5.74) is 0. The van der Waals surface area contributed by atoms with Crippen molar-refractivity contribution in [2.45, 2.75) is 245 Å². The first-order chi connectivity index (χ1) is 32.5. The Bertz CT molecular complexity index is 1320. The predicted molar refractivity (Wildman–Crippen MR) is 282 cm³/mol. The minimum atomic E-state index is -4.63. The molecule has 0 saturated carbocycles. The molecule has 10 heteroatoms. The number of phosphoric ester groups is 1. The first-order valence-corrected chi connectivity index (χ1v) is 29.0. The van der Waals surface area contributed by atoms with Crippen molar-refractivity contribution in [3.63, 3.8) is 0 Å². The maximum absolute atomic E-state index is 12.8. The zero-order valence-electron chi connectivity index (χ0n) is 44.1. The van der Waals surface area contributed by atoms with Crippen LogP contribution >= 0.6 is 7.82 Å². The highest BCUT2D eigenvalue weighted by Gasteiger charge is 2.21. The predicted octanol–water partition coefficient (Wildman–Crippen LogP) is 16.1. The fraction of sp³-hybridized carbons (Fsp3) is 0.789. The van der Waals surface area contributed by atoms with Crippen LogP contribution in [0.25, 0.3) is 0 Å². The highest BCUT2D eigenvalue weighted by atomic mass is 31.2. The Balaban J connectivity index is 4.11. The molecule has 9 nitrogen and oxygen atoms in total. The Morgan fingerprint density at radius 1 is 0.478 bits per heavy atom. The van der Waals surface area contributed by atoms with Crippen molar-refractivity contribution >= 4 is 19.8 Å². The number of esters is 2. The average molecular weight is 962 g/mol. The Labute approximate surface area is 413 Å². The summed E-state index contributed by atoms with van der Waals surface area (Å²) in [6, 6.07) is 0. The summed E-state index contributed by atoms with van der Waals surface area (Å²) < 4.78 is 34.1. The molecule has 0 heterocycles. The lowest BCUT2D eigenvalue weighted by atomic mass is 10.0. The number of rotatable bonds is 50. The van der Waals surface area contributed by atoms with Crippen molar-refractivity contribution < 1.29 is 42.1 Å². The smallest absolute Gasteiger partial charge is 0.306 e. The molecule has 0 spiro atoms. The number of ether oxygens (including phenoxy) is 2. The molecule has 0 aliphatic rings. The summed E-state index contributed by atoms with van der Waals surface area (Å²) in [6.45, 7) is 4.12. The van der Waals surface area contributed by atoms with Gasteiger partial charge < -0.3 is 27.9 Å². The molecule has 0 aromatic carbocycles. The first-order valence-electron chi connectivity index (χ1n) is 27.5. The van der Waals surface area contributed by atoms with E-state index in [2.05, 4.69) is 74.6 Å². The van der Waals surface area contributed by atoms with E-state index in [0.717, 1.165) is 83.5 Å². The van der Waals surface area contributed by atoms with Crippen molar-refractivity contribution in [3.8, 4) is 0 Å². The van der Waals surface area contributed by atoms with E-state index in [-0.39, 0.29) is 26.1 Å². The van der Waals surface area contributed by atoms with Gasteiger partial charge in [0.15, 0.2) is 6.10 Å². The van der Waals surface area contributed by atoms with Gasteiger partial charge in [0.1, 0.15) is 19.8 Å². The van der Waals surface area contributed by atoms with Crippen molar-refractivity contribution in [1.29, 1.82) is 0 Å². The van der Waals surface area contributed by atoms with E-state index in [4.69, 9.17) is 18.5 Å². The summed E-state index contributed by atoms with van der Waals surface area (Å²) >= 11 is 0. The lowest BCUT2D eigenvalue weighted by Gasteiger charge is -2.28. The van der Waals surface area contributed by atoms with Crippen LogP contribution in [0, 0.1) is 0 Å². The average Bonchev–Trinajstić information content (AvgIpc) is 3.29. The topological polar surface area (TPSA) is 111 Å². The third kappa shape index (κ3) is 52.9. The molecule has 0 rings (SSSR count). The molecule has 2 atom stereocenters. The first kappa shape index (κ1) is 64.7. The van der Waals surface area contributed by atoms with E-state index in [1.807, 2.05) is 21.1 Å². The molecular weight excluding hydrogens is 858 g/mol. The molecule has 0 saturated heterocycles. The lowest BCUT2D eigenvalue weighted by molar-refractivity contribution is -0.870. The van der Waals surface area contributed by atoms with E-state index in [1.54, 1.807) is 0 Å². The zero-order valence-corrected chi connectivity index (χ0v) is 45.0. The van der Waals surface area contributed by atoms with Gasteiger partial charge in [-0.3, -0.25) is 14.2 Å². The van der Waals surface area contributed by atoms with E-state index >= 15 is 0 Å². The van der Waals surface area contributed by atoms with Crippen LogP contribution in [0.15, 0.2) is 60.8 Å². The van der Waals surface area contributed by atoms with E-state index in [1.165, 1.54) is 122 Å². The molecule has 0 aromatic heterocycles. The van der Waals surface area contributed by atoms with Crippen molar-refractivity contribution in [3.05, 3.63) is 60.8 Å². The maximum atomic E-state index is 12.8. The molecule has 390 valence electrons. The van der Waals surface area contributed by atoms with Gasteiger partial charge in [-0.1, -0.05) is 209 Å². The lowest BCUT2D eigenvalue weighted by Crippen LogP contribution is -2.37. The minimum absolute atomic E-state index is 0.0325. The number of phosphoric acid groups is 1. The molecular formula is C57H104NO8P. The van der Waals surface area contributed by atoms with Gasteiger partial charge in [-0.2, -0.15) is 0 Å². The van der Waals surface area contributed by atoms with Gasteiger partial charge in [-0.25, -0.2) is 0 Å². The third-order valence-corrected chi connectivity index (χ3v) is 12.7. The molecule has 0 aromatic rings. The Morgan fingerprint density at radius 3 is 1.28 bits per heavy atom. The summed E-state index contributed by atoms with van der Waals surface area (Å²) in [5.74, 6) is -0.839. The molecule has 0 bridgehead atoms. The van der Waals surface area contributed by atoms with Gasteiger partial charge in [0.2, 0.25) is 0 Å². The van der Waals surface area contributed by atoms with Crippen LogP contribution in [0.1, 0.15) is 239 Å². The van der Waals surface area contributed by atoms with Crippen molar-refractivity contribution in [1.82, 2.24) is 0 Å². The highest BCUT2D eigenvalue weighted by molar-refractivity contribution is 7.45. The van der Waals surface area contributed by atoms with Crippen LogP contribution in [-0.4, -0.2) is 70.0 Å². The molecule has 0 fully saturated rings. The SMILES string of the molecule is CC/C=C\C/C=C\C/C=C\C/C=C\CCCCCCCCCCCCCCCCCCC(=O)OC(COC(=O)CCCCCCC/C=C\CCCCCCC)COP(=O)([O-])OCC[N+](C)(C)C. The van der Waals surface area contributed by atoms with Gasteiger partial charge in [0.25, 0.3) is 7.82 Å². The van der Waals surface area contributed by atoms with Gasteiger partial charge in [-0.05, 0) is 77.0 Å². The number of hydrogen-bond acceptors (Lipinski definition) is 8. The van der Waals surface area contributed by atoms with Gasteiger partial charge in [-0.15, -0.1) is 0 Å². The standard InChI is InChI=1S/C57H104NO8P/c1-6-8-10-12-14-16-18-20-22-23-24-25-26-27-28-29-30-31-32-33-34-35-36-38-40-42-44-46-48-50-57(60)66-55(54-65-67(61,62)64-52-51-58(3,4)5)53-63-56(59)49-47-45-43-41-39-37-21-19-17-15-13-11-9-7-2/h8,10,14,16,19-22,24-25,55H,6-7,9,11-13,15,17-18,23,26-54H2,1-5H3/b10-8-,16-14-,21-19-,22-20-,25-24-. The Hall–Kier alpha value is -2.29. The van der Waals surface area contributed by atoms with Crippen LogP contribution in [0.4, 0.5) is 0 Å². The van der Waals surface area contributed by atoms with Gasteiger partial charge in [0, 0.05) is 12.8 Å². The largest absolute Gasteiger partial charge is 0.756 e. The van der Waals surface area contributed by atoms with E-state index in [0.29, 0.717) is 17.4 Å². The Morgan fingerprint density at radius 2 is 0.851 bits per heavy atom. The number of unbranched alkanes of at least 4 members (excludes halogenated alkanes) is 26. The van der Waals surface area contributed by atoms with Gasteiger partial charge in [0.05, 0.1) is 27.7 Å². The fourth-order valence-electron chi connectivity index (χ4n) is 7.52. The van der Waals surface area contributed by atoms with Crippen LogP contribution in [-0.2, 0) is 32.7 Å². The summed E-state index contributed by atoms with van der Waals surface area (Å²) in [7, 11) is 1.16. The molecule has 0 radical (unpaired) electrons. The zero-order chi connectivity index (χ0) is 49.2. The summed E-state index contributed by atoms with van der Waals surface area (Å²) in [4.78, 5) is 37.7. The number of carbonyl (C=O) groups excluding carboxylic acids is 2. The summed E-state index contributed by atoms with van der Waals surface area (Å²) in [6.07, 6.45) is 61.2. The monoisotopic (exact) mass is 962 g/mol. The Kier molecular flexibility index (Phi) is 47.1. The van der Waals surface area contributed by atoms with Gasteiger partial charge >= 0.3 is 11.9 Å². The fourth-order valence-corrected chi connectivity index (χ4v) is 8.25. The number of nitrogens with zero attached hydrogens (tertiary/aromatic N) is 1. The number of quaternary nitrogens is 1. The second-order valence-electron chi connectivity index (χ2n) is 19.6. The number of hydrogen-bond donors (Lipinski definition) is 0. The number of carbonyl (C=O) groups is 2. The molecule has 0 aliphatic carbocycles. The normalized spacial score (nSPS) is 13.8. The summed E-state index contributed by atoms with van der Waals surface area (Å²) in [5, 5.41) is 0. The highest BCUT2D eigenvalue weighted by Crippen LogP contribution is 2.38. The maximum Gasteiger partial charge on any atom is 0.306 e. The van der Waals surface area contributed by atoms with Crippen molar-refractivity contribution in [2.24, 2.45) is 0 Å². The second-order valence-corrected chi connectivity index (χ2v) is 21.0. The van der Waals surface area contributed by atoms with E-state index in [9.17, 15) is 19.0 Å². The molecule has 0 N–H and O–H groups in total. The molecule has 2 unspecified atom stereocenters. The van der Waals surface area contributed by atoms with Crippen molar-refractivity contribution in [2.75, 3.05) is 47.5 Å². The van der Waals surface area contributed by atoms with E-state index < -0.39 is 32.5 Å². The number of allylic oxidation sites excluding steroid dienone is 10. The molecule has 0 aliphatic heterocycles. The number of likely N-dealkylation sites (N-methyl/N-ethyl adjacent to an activating group) is 1. The van der Waals surface area contributed by atoms with Crippen LogP contribution in [0.5, 0.6) is 0 Å². The third-order valence-electron chi connectivity index (χ3n) is 11.8. The van der Waals surface area contributed by atoms with Crippen LogP contribution in [0.3, 0.4) is 0 Å². The quantitative estimate of drug-likeness (QED) is 0.0195.